The van der Waals surface area contributed by atoms with Crippen molar-refractivity contribution in [3.05, 3.63) is 23.2 Å². The number of carboxylic acid groups (broad SMARTS) is 1. The Bertz CT molecular complexity index is 819. The predicted molar refractivity (Wildman–Crippen MR) is 98.0 cm³/mol. The number of nitrogens with one attached hydrogen (secondary N) is 1. The molecule has 2 N–H and O–H groups in total. The number of fused-ring (bicyclic) bond motifs is 1. The van der Waals surface area contributed by atoms with Gasteiger partial charge in [0.05, 0.1) is 20.6 Å². The lowest BCUT2D eigenvalue weighted by atomic mass is 9.71. The summed E-state index contributed by atoms with van der Waals surface area (Å²) in [7, 11) is 0. The maximum atomic E-state index is 12.5. The van der Waals surface area contributed by atoms with E-state index in [0.717, 1.165) is 35.2 Å². The Hall–Kier alpha value is -1.95. The highest BCUT2D eigenvalue weighted by Gasteiger charge is 2.41. The van der Waals surface area contributed by atoms with Gasteiger partial charge < -0.3 is 10.4 Å². The van der Waals surface area contributed by atoms with Crippen molar-refractivity contribution in [3.8, 4) is 0 Å². The average Bonchev–Trinajstić information content (AvgIpc) is 3.35. The fourth-order valence-corrected chi connectivity index (χ4v) is 4.91. The quantitative estimate of drug-likeness (QED) is 0.822. The van der Waals surface area contributed by atoms with Gasteiger partial charge >= 0.3 is 5.97 Å². The van der Waals surface area contributed by atoms with Gasteiger partial charge in [-0.2, -0.15) is 0 Å². The van der Waals surface area contributed by atoms with Crippen LogP contribution in [0.15, 0.2) is 18.2 Å². The molecule has 2 aliphatic carbocycles. The van der Waals surface area contributed by atoms with E-state index < -0.39 is 11.4 Å². The van der Waals surface area contributed by atoms with E-state index in [9.17, 15) is 14.7 Å². The number of carboxylic acids is 1. The van der Waals surface area contributed by atoms with Crippen molar-refractivity contribution in [1.29, 1.82) is 0 Å². The Kier molecular flexibility index (Phi) is 4.23. The molecule has 2 fully saturated rings. The maximum absolute atomic E-state index is 12.5. The third kappa shape index (κ3) is 3.40. The van der Waals surface area contributed by atoms with Gasteiger partial charge in [-0.05, 0) is 43.9 Å². The van der Waals surface area contributed by atoms with Crippen molar-refractivity contribution in [2.45, 2.75) is 57.3 Å². The molecule has 1 aromatic carbocycles. The Morgan fingerprint density at radius 3 is 2.68 bits per heavy atom. The van der Waals surface area contributed by atoms with Gasteiger partial charge in [0.1, 0.15) is 0 Å². The number of aromatic nitrogens is 1. The van der Waals surface area contributed by atoms with E-state index in [2.05, 4.69) is 10.3 Å². The predicted octanol–water partition coefficient (Wildman–Crippen LogP) is 4.54. The summed E-state index contributed by atoms with van der Waals surface area (Å²) in [4.78, 5) is 28.8. The van der Waals surface area contributed by atoms with E-state index >= 15 is 0 Å². The molecule has 25 heavy (non-hydrogen) atoms. The summed E-state index contributed by atoms with van der Waals surface area (Å²) in [6, 6.07) is 5.73. The largest absolute Gasteiger partial charge is 0.481 e. The fraction of sp³-hybridized carbons (Fsp3) is 0.526. The highest BCUT2D eigenvalue weighted by atomic mass is 32.1. The molecule has 2 aliphatic rings. The number of hydrogen-bond acceptors (Lipinski definition) is 4. The van der Waals surface area contributed by atoms with Crippen molar-refractivity contribution in [3.63, 3.8) is 0 Å². The van der Waals surface area contributed by atoms with E-state index in [1.807, 2.05) is 18.2 Å². The summed E-state index contributed by atoms with van der Waals surface area (Å²) in [5, 5.41) is 13.7. The molecule has 1 heterocycles. The topological polar surface area (TPSA) is 79.3 Å². The first-order valence-electron chi connectivity index (χ1n) is 8.99. The number of aliphatic carboxylic acids is 1. The molecule has 2 saturated carbocycles. The second-order valence-electron chi connectivity index (χ2n) is 7.38. The molecule has 132 valence electrons. The van der Waals surface area contributed by atoms with Gasteiger partial charge in [0, 0.05) is 18.0 Å². The van der Waals surface area contributed by atoms with Crippen LogP contribution in [0.4, 0.5) is 5.69 Å². The number of rotatable bonds is 5. The Labute approximate surface area is 150 Å². The molecule has 0 atom stereocenters. The van der Waals surface area contributed by atoms with Crippen LogP contribution in [0.2, 0.25) is 0 Å². The van der Waals surface area contributed by atoms with Gasteiger partial charge in [-0.25, -0.2) is 4.98 Å². The SMILES string of the molecule is O=C(CC1(C(=O)O)CCCCC1)Nc1ccc2nc(C3CC3)sc2c1. The van der Waals surface area contributed by atoms with Gasteiger partial charge in [-0.15, -0.1) is 11.3 Å². The van der Waals surface area contributed by atoms with Crippen molar-refractivity contribution in [1.82, 2.24) is 4.98 Å². The van der Waals surface area contributed by atoms with Crippen LogP contribution in [0.3, 0.4) is 0 Å². The first kappa shape index (κ1) is 16.5. The Morgan fingerprint density at radius 1 is 1.24 bits per heavy atom. The first-order chi connectivity index (χ1) is 12.1. The monoisotopic (exact) mass is 358 g/mol. The molecule has 0 saturated heterocycles. The van der Waals surface area contributed by atoms with Gasteiger partial charge in [0.15, 0.2) is 0 Å². The van der Waals surface area contributed by atoms with Crippen LogP contribution >= 0.6 is 11.3 Å². The molecule has 2 aromatic rings. The second kappa shape index (κ2) is 6.41. The normalized spacial score (nSPS) is 19.7. The number of thiazole rings is 1. The molecule has 0 spiro atoms. The number of carbonyl (C=O) groups is 2. The maximum Gasteiger partial charge on any atom is 0.310 e. The molecule has 0 radical (unpaired) electrons. The van der Waals surface area contributed by atoms with Crippen molar-refractivity contribution < 1.29 is 14.7 Å². The third-order valence-corrected chi connectivity index (χ3v) is 6.56. The number of hydrogen-bond donors (Lipinski definition) is 2. The smallest absolute Gasteiger partial charge is 0.310 e. The molecule has 4 rings (SSSR count). The molecule has 1 amide bonds. The van der Waals surface area contributed by atoms with Gasteiger partial charge in [0.2, 0.25) is 5.91 Å². The van der Waals surface area contributed by atoms with Crippen LogP contribution in [-0.4, -0.2) is 22.0 Å². The lowest BCUT2D eigenvalue weighted by molar-refractivity contribution is -0.153. The summed E-state index contributed by atoms with van der Waals surface area (Å²) in [5.41, 5.74) is 0.801. The first-order valence-corrected chi connectivity index (χ1v) is 9.81. The highest BCUT2D eigenvalue weighted by molar-refractivity contribution is 7.18. The molecule has 0 unspecified atom stereocenters. The van der Waals surface area contributed by atoms with Crippen molar-refractivity contribution in [2.24, 2.45) is 5.41 Å². The van der Waals surface area contributed by atoms with E-state index in [1.54, 1.807) is 11.3 Å². The Morgan fingerprint density at radius 2 is 2.00 bits per heavy atom. The zero-order valence-electron chi connectivity index (χ0n) is 14.1. The second-order valence-corrected chi connectivity index (χ2v) is 8.44. The lowest BCUT2D eigenvalue weighted by Crippen LogP contribution is -2.37. The zero-order valence-corrected chi connectivity index (χ0v) is 14.9. The van der Waals surface area contributed by atoms with E-state index in [-0.39, 0.29) is 12.3 Å². The minimum Gasteiger partial charge on any atom is -0.481 e. The molecule has 1 aromatic heterocycles. The number of carbonyl (C=O) groups excluding carboxylic acids is 1. The van der Waals surface area contributed by atoms with Crippen molar-refractivity contribution >= 4 is 39.1 Å². The Balaban J connectivity index is 1.48. The molecular formula is C19H22N2O3S. The minimum atomic E-state index is -0.893. The molecule has 5 nitrogen and oxygen atoms in total. The molecular weight excluding hydrogens is 336 g/mol. The number of nitrogens with zero attached hydrogens (tertiary/aromatic N) is 1. The van der Waals surface area contributed by atoms with Crippen molar-refractivity contribution in [2.75, 3.05) is 5.32 Å². The number of anilines is 1. The van der Waals surface area contributed by atoms with E-state index in [0.29, 0.717) is 18.8 Å². The van der Waals surface area contributed by atoms with Crippen LogP contribution in [0, 0.1) is 5.41 Å². The molecule has 0 aliphatic heterocycles. The number of amides is 1. The van der Waals surface area contributed by atoms with E-state index in [4.69, 9.17) is 0 Å². The van der Waals surface area contributed by atoms with Crippen LogP contribution in [0.1, 0.15) is 62.3 Å². The van der Waals surface area contributed by atoms with Gasteiger partial charge in [-0.3, -0.25) is 9.59 Å². The standard InChI is InChI=1S/C19H22N2O3S/c22-16(11-19(18(23)24)8-2-1-3-9-19)20-13-6-7-14-15(10-13)25-17(21-14)12-4-5-12/h6-7,10,12H,1-5,8-9,11H2,(H,20,22)(H,23,24). The average molecular weight is 358 g/mol. The van der Waals surface area contributed by atoms with E-state index in [1.165, 1.54) is 17.8 Å². The summed E-state index contributed by atoms with van der Waals surface area (Å²) < 4.78 is 1.07. The lowest BCUT2D eigenvalue weighted by Gasteiger charge is -2.32. The zero-order chi connectivity index (χ0) is 17.4. The van der Waals surface area contributed by atoms with Crippen LogP contribution in [-0.2, 0) is 9.59 Å². The van der Waals surface area contributed by atoms with Gasteiger partial charge in [0.25, 0.3) is 0 Å². The summed E-state index contributed by atoms with van der Waals surface area (Å²) in [6.45, 7) is 0. The summed E-state index contributed by atoms with van der Waals surface area (Å²) in [6.07, 6.45) is 6.51. The van der Waals surface area contributed by atoms with Gasteiger partial charge in [-0.1, -0.05) is 19.3 Å². The van der Waals surface area contributed by atoms with Crippen LogP contribution in [0.25, 0.3) is 10.2 Å². The summed E-state index contributed by atoms with van der Waals surface area (Å²) in [5.74, 6) is -0.429. The minimum absolute atomic E-state index is 0.0520. The van der Waals surface area contributed by atoms with Crippen LogP contribution in [0.5, 0.6) is 0 Å². The highest BCUT2D eigenvalue weighted by Crippen LogP contribution is 2.43. The summed E-state index contributed by atoms with van der Waals surface area (Å²) >= 11 is 1.69. The fourth-order valence-electron chi connectivity index (χ4n) is 3.73. The third-order valence-electron chi connectivity index (χ3n) is 5.38. The number of benzene rings is 1. The molecule has 6 heteroatoms. The van der Waals surface area contributed by atoms with Crippen LogP contribution < -0.4 is 5.32 Å². The molecule has 0 bridgehead atoms.